The van der Waals surface area contributed by atoms with Crippen LogP contribution in [0.2, 0.25) is 5.02 Å². The van der Waals surface area contributed by atoms with Crippen molar-refractivity contribution in [3.8, 4) is 11.3 Å². The summed E-state index contributed by atoms with van der Waals surface area (Å²) in [4.78, 5) is 16.1. The number of hydrogen-bond donors (Lipinski definition) is 2. The molecule has 30 heavy (non-hydrogen) atoms. The van der Waals surface area contributed by atoms with Crippen LogP contribution in [0.1, 0.15) is 18.4 Å². The van der Waals surface area contributed by atoms with Crippen LogP contribution in [-0.2, 0) is 6.54 Å². The van der Waals surface area contributed by atoms with E-state index in [2.05, 4.69) is 45.0 Å². The van der Waals surface area contributed by atoms with Crippen molar-refractivity contribution in [1.29, 1.82) is 0 Å². The van der Waals surface area contributed by atoms with Crippen molar-refractivity contribution in [2.75, 3.05) is 24.5 Å². The minimum absolute atomic E-state index is 0.289. The number of pyridine rings is 1. The highest BCUT2D eigenvalue weighted by molar-refractivity contribution is 7.09. The van der Waals surface area contributed by atoms with Crippen LogP contribution < -0.4 is 15.5 Å². The topological polar surface area (TPSA) is 65.4 Å². The summed E-state index contributed by atoms with van der Waals surface area (Å²) in [6.07, 6.45) is 2.79. The number of aromatic nitrogens is 2. The quantitative estimate of drug-likeness (QED) is 0.444. The summed E-state index contributed by atoms with van der Waals surface area (Å²) in [7, 11) is 0. The summed E-state index contributed by atoms with van der Waals surface area (Å²) >= 11 is 7.95. The molecule has 1 fully saturated rings. The van der Waals surface area contributed by atoms with Crippen molar-refractivity contribution in [2.24, 2.45) is 4.99 Å². The van der Waals surface area contributed by atoms with E-state index in [9.17, 15) is 0 Å². The van der Waals surface area contributed by atoms with Crippen LogP contribution in [0, 0.1) is 0 Å². The lowest BCUT2D eigenvalue weighted by molar-refractivity contribution is 0.648. The summed E-state index contributed by atoms with van der Waals surface area (Å²) < 4.78 is 0. The number of benzene rings is 1. The molecule has 3 aromatic rings. The molecule has 0 saturated carbocycles. The predicted octanol–water partition coefficient (Wildman–Crippen LogP) is 4.19. The summed E-state index contributed by atoms with van der Waals surface area (Å²) in [5, 5.41) is 10.7. The lowest BCUT2D eigenvalue weighted by Crippen LogP contribution is -2.44. The number of thiazole rings is 1. The zero-order chi connectivity index (χ0) is 20.8. The van der Waals surface area contributed by atoms with Gasteiger partial charge in [-0.1, -0.05) is 41.9 Å². The van der Waals surface area contributed by atoms with Crippen molar-refractivity contribution in [1.82, 2.24) is 20.6 Å². The van der Waals surface area contributed by atoms with Crippen LogP contribution in [0.25, 0.3) is 11.3 Å². The number of guanidine groups is 1. The highest BCUT2D eigenvalue weighted by atomic mass is 35.5. The molecule has 1 aliphatic heterocycles. The number of hydrogen-bond acceptors (Lipinski definition) is 5. The maximum absolute atomic E-state index is 6.30. The third-order valence-corrected chi connectivity index (χ3v) is 6.03. The Hall–Kier alpha value is -2.64. The van der Waals surface area contributed by atoms with Crippen LogP contribution in [0.3, 0.4) is 0 Å². The molecule has 1 atom stereocenters. The molecule has 6 nitrogen and oxygen atoms in total. The first-order valence-electron chi connectivity index (χ1n) is 10.1. The van der Waals surface area contributed by atoms with Gasteiger partial charge >= 0.3 is 0 Å². The Bertz CT molecular complexity index is 990. The predicted molar refractivity (Wildman–Crippen MR) is 125 cm³/mol. The van der Waals surface area contributed by atoms with Gasteiger partial charge in [-0.25, -0.2) is 15.0 Å². The Balaban J connectivity index is 1.38. The minimum atomic E-state index is 0.289. The van der Waals surface area contributed by atoms with Gasteiger partial charge in [0, 0.05) is 42.8 Å². The van der Waals surface area contributed by atoms with Gasteiger partial charge in [-0.15, -0.1) is 11.3 Å². The second-order valence-corrected chi connectivity index (χ2v) is 8.42. The number of anilines is 1. The molecule has 1 unspecified atom stereocenters. The number of nitrogens with one attached hydrogen (secondary N) is 2. The van der Waals surface area contributed by atoms with Gasteiger partial charge in [0.15, 0.2) is 5.96 Å². The van der Waals surface area contributed by atoms with E-state index < -0.39 is 0 Å². The van der Waals surface area contributed by atoms with Gasteiger partial charge in [-0.05, 0) is 25.5 Å². The van der Waals surface area contributed by atoms with Gasteiger partial charge < -0.3 is 15.5 Å². The molecule has 0 amide bonds. The Morgan fingerprint density at radius 3 is 2.93 bits per heavy atom. The zero-order valence-corrected chi connectivity index (χ0v) is 18.5. The van der Waals surface area contributed by atoms with E-state index in [4.69, 9.17) is 21.6 Å². The molecular weight excluding hydrogens is 416 g/mol. The number of rotatable bonds is 6. The smallest absolute Gasteiger partial charge is 0.191 e. The van der Waals surface area contributed by atoms with Crippen molar-refractivity contribution in [3.05, 3.63) is 64.1 Å². The molecule has 2 N–H and O–H groups in total. The fourth-order valence-corrected chi connectivity index (χ4v) is 4.43. The largest absolute Gasteiger partial charge is 0.357 e. The van der Waals surface area contributed by atoms with Crippen LogP contribution in [-0.4, -0.2) is 41.6 Å². The SMILES string of the molecule is CCNC(=NCc1nc(-c2ccccc2)cs1)NC1CCN(c2ncccc2Cl)C1. The van der Waals surface area contributed by atoms with E-state index in [1.54, 1.807) is 17.5 Å². The van der Waals surface area contributed by atoms with Gasteiger partial charge in [0.2, 0.25) is 0 Å². The summed E-state index contributed by atoms with van der Waals surface area (Å²) in [6, 6.07) is 14.3. The minimum Gasteiger partial charge on any atom is -0.357 e. The Morgan fingerprint density at radius 2 is 2.13 bits per heavy atom. The van der Waals surface area contributed by atoms with Crippen LogP contribution in [0.4, 0.5) is 5.82 Å². The average Bonchev–Trinajstić information content (AvgIpc) is 3.43. The van der Waals surface area contributed by atoms with Crippen molar-refractivity contribution < 1.29 is 0 Å². The molecule has 4 rings (SSSR count). The van der Waals surface area contributed by atoms with E-state index in [1.165, 1.54) is 0 Å². The number of halogens is 1. The van der Waals surface area contributed by atoms with Crippen LogP contribution in [0.15, 0.2) is 59.0 Å². The van der Waals surface area contributed by atoms with Crippen LogP contribution in [0.5, 0.6) is 0 Å². The number of nitrogens with zero attached hydrogens (tertiary/aromatic N) is 4. The Labute approximate surface area is 186 Å². The van der Waals surface area contributed by atoms with E-state index in [0.29, 0.717) is 11.6 Å². The number of aliphatic imine (C=N–C) groups is 1. The van der Waals surface area contributed by atoms with Gasteiger partial charge in [0.05, 0.1) is 17.3 Å². The van der Waals surface area contributed by atoms with Crippen molar-refractivity contribution >= 4 is 34.7 Å². The van der Waals surface area contributed by atoms with Gasteiger partial charge in [0.1, 0.15) is 10.8 Å². The first-order valence-corrected chi connectivity index (χ1v) is 11.4. The molecule has 0 spiro atoms. The average molecular weight is 441 g/mol. The highest BCUT2D eigenvalue weighted by Crippen LogP contribution is 2.26. The fraction of sp³-hybridized carbons (Fsp3) is 0.318. The molecule has 8 heteroatoms. The van der Waals surface area contributed by atoms with Crippen molar-refractivity contribution in [2.45, 2.75) is 25.9 Å². The lowest BCUT2D eigenvalue weighted by atomic mass is 10.2. The van der Waals surface area contributed by atoms with Gasteiger partial charge in [-0.2, -0.15) is 0 Å². The lowest BCUT2D eigenvalue weighted by Gasteiger charge is -2.20. The summed E-state index contributed by atoms with van der Waals surface area (Å²) in [5.41, 5.74) is 2.13. The van der Waals surface area contributed by atoms with Crippen molar-refractivity contribution in [3.63, 3.8) is 0 Å². The van der Waals surface area contributed by atoms with Gasteiger partial charge in [0.25, 0.3) is 0 Å². The zero-order valence-electron chi connectivity index (χ0n) is 16.9. The second-order valence-electron chi connectivity index (χ2n) is 7.07. The first kappa shape index (κ1) is 20.6. The van der Waals surface area contributed by atoms with E-state index >= 15 is 0 Å². The Kier molecular flexibility index (Phi) is 6.81. The molecule has 2 aromatic heterocycles. The van der Waals surface area contributed by atoms with Crippen LogP contribution >= 0.6 is 22.9 Å². The molecule has 1 aliphatic rings. The summed E-state index contributed by atoms with van der Waals surface area (Å²) in [6.45, 7) is 5.19. The van der Waals surface area contributed by atoms with E-state index in [1.807, 2.05) is 30.3 Å². The maximum Gasteiger partial charge on any atom is 0.191 e. The van der Waals surface area contributed by atoms with E-state index in [-0.39, 0.29) is 6.04 Å². The molecular formula is C22H25ClN6S. The van der Waals surface area contributed by atoms with Gasteiger partial charge in [-0.3, -0.25) is 0 Å². The standard InChI is InChI=1S/C22H25ClN6S/c1-2-24-22(26-13-20-28-19(15-30-20)16-7-4-3-5-8-16)27-17-10-12-29(14-17)21-18(23)9-6-11-25-21/h3-9,11,15,17H,2,10,12-14H2,1H3,(H2,24,26,27). The maximum atomic E-state index is 6.30. The fourth-order valence-electron chi connectivity index (χ4n) is 3.47. The normalized spacial score (nSPS) is 16.7. The monoisotopic (exact) mass is 440 g/mol. The molecule has 0 radical (unpaired) electrons. The van der Waals surface area contributed by atoms with E-state index in [0.717, 1.165) is 54.1 Å². The molecule has 1 aromatic carbocycles. The molecule has 3 heterocycles. The third kappa shape index (κ3) is 5.09. The molecule has 0 bridgehead atoms. The first-order chi connectivity index (χ1) is 14.7. The second kappa shape index (κ2) is 9.91. The Morgan fingerprint density at radius 1 is 1.27 bits per heavy atom. The molecule has 156 valence electrons. The highest BCUT2D eigenvalue weighted by Gasteiger charge is 2.25. The summed E-state index contributed by atoms with van der Waals surface area (Å²) in [5.74, 6) is 1.66. The molecule has 0 aliphatic carbocycles. The molecule has 1 saturated heterocycles. The third-order valence-electron chi connectivity index (χ3n) is 4.91.